The molecular weight excluding hydrogens is 829 g/mol. The molecule has 2 aliphatic heterocycles. The second kappa shape index (κ2) is 26.3. The molecule has 2 amide bonds. The van der Waals surface area contributed by atoms with E-state index in [9.17, 15) is 29.4 Å². The molecule has 2 heterocycles. The van der Waals surface area contributed by atoms with Gasteiger partial charge in [0.1, 0.15) is 0 Å². The monoisotopic (exact) mass is 890 g/mol. The number of nitrogens with zero attached hydrogens (tertiary/aromatic N) is 2. The minimum absolute atomic E-state index is 0.00339. The van der Waals surface area contributed by atoms with Gasteiger partial charge in [0.2, 0.25) is 11.8 Å². The van der Waals surface area contributed by atoms with Crippen LogP contribution in [0.4, 0.5) is 0 Å². The fourth-order valence-electron chi connectivity index (χ4n) is 7.62. The van der Waals surface area contributed by atoms with E-state index in [-0.39, 0.29) is 47.7 Å². The zero-order valence-corrected chi connectivity index (χ0v) is 38.5. The van der Waals surface area contributed by atoms with Crippen molar-refractivity contribution < 1.29 is 38.9 Å². The van der Waals surface area contributed by atoms with E-state index >= 15 is 0 Å². The number of rotatable bonds is 16. The molecule has 10 heteroatoms. The van der Waals surface area contributed by atoms with E-state index in [0.29, 0.717) is 62.7 Å². The Kier molecular flexibility index (Phi) is 20.0. The zero-order valence-electron chi connectivity index (χ0n) is 38.5. The van der Waals surface area contributed by atoms with E-state index in [1.807, 2.05) is 121 Å². The molecule has 344 valence electrons. The molecule has 0 radical (unpaired) electrons. The van der Waals surface area contributed by atoms with Crippen molar-refractivity contribution in [2.24, 2.45) is 11.8 Å². The molecule has 0 bridgehead atoms. The van der Waals surface area contributed by atoms with E-state index in [2.05, 4.69) is 23.7 Å². The lowest BCUT2D eigenvalue weighted by Crippen LogP contribution is -2.34. The fourth-order valence-corrected chi connectivity index (χ4v) is 7.62. The molecule has 2 fully saturated rings. The molecule has 4 aromatic carbocycles. The van der Waals surface area contributed by atoms with E-state index in [1.54, 1.807) is 36.4 Å². The molecule has 2 aliphatic rings. The van der Waals surface area contributed by atoms with Crippen molar-refractivity contribution in [3.8, 4) is 23.7 Å². The summed E-state index contributed by atoms with van der Waals surface area (Å²) < 4.78 is 9.45. The fraction of sp³-hybridized carbons (Fsp3) is 0.357. The van der Waals surface area contributed by atoms with Crippen LogP contribution in [0.2, 0.25) is 0 Å². The highest BCUT2D eigenvalue weighted by Gasteiger charge is 2.30. The van der Waals surface area contributed by atoms with Gasteiger partial charge in [-0.25, -0.2) is 9.59 Å². The Labute approximate surface area is 390 Å². The molecule has 2 unspecified atom stereocenters. The third kappa shape index (κ3) is 15.8. The van der Waals surface area contributed by atoms with E-state index in [0.717, 1.165) is 35.1 Å². The highest BCUT2D eigenvalue weighted by atomic mass is 16.5. The van der Waals surface area contributed by atoms with Crippen LogP contribution < -0.4 is 0 Å². The molecule has 6 atom stereocenters. The molecule has 2 N–H and O–H groups in total. The quantitative estimate of drug-likeness (QED) is 0.0657. The van der Waals surface area contributed by atoms with Gasteiger partial charge >= 0.3 is 11.9 Å². The number of methoxy groups -OCH3 is 2. The largest absolute Gasteiger partial charge is 0.465 e. The Bertz CT molecular complexity index is 2200. The van der Waals surface area contributed by atoms with Gasteiger partial charge in [-0.15, -0.1) is 0 Å². The number of carbonyl (C=O) groups excluding carboxylic acids is 4. The summed E-state index contributed by atoms with van der Waals surface area (Å²) in [7, 11) is 2.72. The van der Waals surface area contributed by atoms with Gasteiger partial charge in [0, 0.05) is 49.9 Å². The standard InChI is InChI=1S/2C28H31NO4/c2*1-21(7-6-10-22-8-4-3-5-9-22)26(30)17-15-25-16-18-27(31)29(25)20-19-23-11-13-24(14-12-23)28(32)33-2/h2*3-5,8-9,11-15,17,21,25-26,30H,7,16,18-20H2,1-2H3/b2*17-15+/t21?,25-,26+;21?,25-,26-/m00/s1. The van der Waals surface area contributed by atoms with Crippen LogP contribution in [-0.4, -0.2) is 95.4 Å². The maximum absolute atomic E-state index is 12.4. The Morgan fingerprint density at radius 1 is 0.606 bits per heavy atom. The van der Waals surface area contributed by atoms with Crippen molar-refractivity contribution in [3.05, 3.63) is 167 Å². The predicted molar refractivity (Wildman–Crippen MR) is 257 cm³/mol. The number of carbonyl (C=O) groups is 4. The summed E-state index contributed by atoms with van der Waals surface area (Å²) in [5.41, 5.74) is 5.06. The van der Waals surface area contributed by atoms with Gasteiger partial charge < -0.3 is 29.5 Å². The van der Waals surface area contributed by atoms with Crippen LogP contribution in [0, 0.1) is 35.5 Å². The number of likely N-dealkylation sites (tertiary alicyclic amines) is 2. The molecule has 0 aromatic heterocycles. The van der Waals surface area contributed by atoms with Crippen LogP contribution in [0.1, 0.15) is 95.3 Å². The Balaban J connectivity index is 0.000000247. The average Bonchev–Trinajstić information content (AvgIpc) is 3.90. The molecule has 4 aromatic rings. The number of esters is 2. The van der Waals surface area contributed by atoms with Crippen LogP contribution >= 0.6 is 0 Å². The summed E-state index contributed by atoms with van der Waals surface area (Å²) in [6.07, 6.45) is 11.4. The predicted octanol–water partition coefficient (Wildman–Crippen LogP) is 8.00. The number of hydrogen-bond donors (Lipinski definition) is 2. The smallest absolute Gasteiger partial charge is 0.337 e. The SMILES string of the molecule is COC(=O)c1ccc(CCN2C(=O)CC[C@@H]2/C=C/[C@@H](O)C(C)CC#Cc2ccccc2)cc1.COC(=O)c1ccc(CCN2C(=O)CC[C@@H]2/C=C/[C@H](O)C(C)CC#Cc2ccccc2)cc1. The van der Waals surface area contributed by atoms with Gasteiger partial charge in [0.05, 0.1) is 49.6 Å². The van der Waals surface area contributed by atoms with Crippen molar-refractivity contribution in [2.45, 2.75) is 89.5 Å². The van der Waals surface area contributed by atoms with Crippen LogP contribution in [0.3, 0.4) is 0 Å². The Morgan fingerprint density at radius 2 is 0.970 bits per heavy atom. The summed E-state index contributed by atoms with van der Waals surface area (Å²) in [5.74, 6) is 12.1. The summed E-state index contributed by atoms with van der Waals surface area (Å²) in [4.78, 5) is 51.7. The van der Waals surface area contributed by atoms with Gasteiger partial charge in [-0.1, -0.05) is 122 Å². The van der Waals surface area contributed by atoms with E-state index in [1.165, 1.54) is 14.2 Å². The van der Waals surface area contributed by atoms with Crippen LogP contribution in [-0.2, 0) is 31.9 Å². The van der Waals surface area contributed by atoms with Gasteiger partial charge in [-0.2, -0.15) is 0 Å². The van der Waals surface area contributed by atoms with Crippen molar-refractivity contribution in [2.75, 3.05) is 27.3 Å². The first-order valence-electron chi connectivity index (χ1n) is 22.7. The summed E-state index contributed by atoms with van der Waals surface area (Å²) >= 11 is 0. The molecular formula is C56H62N2O8. The number of amides is 2. The first kappa shape index (κ1) is 50.3. The Hall–Kier alpha value is -6.72. The van der Waals surface area contributed by atoms with E-state index in [4.69, 9.17) is 9.47 Å². The number of ether oxygens (including phenoxy) is 2. The summed E-state index contributed by atoms with van der Waals surface area (Å²) in [6, 6.07) is 34.1. The van der Waals surface area contributed by atoms with Crippen LogP contribution in [0.25, 0.3) is 0 Å². The Morgan fingerprint density at radius 3 is 1.32 bits per heavy atom. The zero-order chi connectivity index (χ0) is 47.3. The average molecular weight is 891 g/mol. The molecule has 0 aliphatic carbocycles. The lowest BCUT2D eigenvalue weighted by molar-refractivity contribution is -0.129. The molecule has 10 nitrogen and oxygen atoms in total. The molecule has 2 saturated heterocycles. The highest BCUT2D eigenvalue weighted by molar-refractivity contribution is 5.89. The highest BCUT2D eigenvalue weighted by Crippen LogP contribution is 2.23. The van der Waals surface area contributed by atoms with Crippen molar-refractivity contribution >= 4 is 23.8 Å². The van der Waals surface area contributed by atoms with Crippen molar-refractivity contribution in [3.63, 3.8) is 0 Å². The number of hydrogen-bond acceptors (Lipinski definition) is 8. The summed E-state index contributed by atoms with van der Waals surface area (Å²) in [6.45, 7) is 5.15. The maximum atomic E-state index is 12.4. The minimum Gasteiger partial charge on any atom is -0.465 e. The van der Waals surface area contributed by atoms with Crippen LogP contribution in [0.15, 0.2) is 133 Å². The molecule has 66 heavy (non-hydrogen) atoms. The molecule has 0 spiro atoms. The third-order valence-corrected chi connectivity index (χ3v) is 11.9. The first-order chi connectivity index (χ1) is 31.9. The summed E-state index contributed by atoms with van der Waals surface area (Å²) in [5, 5.41) is 21.1. The number of aliphatic hydroxyl groups is 2. The molecule has 6 rings (SSSR count). The maximum Gasteiger partial charge on any atom is 0.337 e. The second-order valence-corrected chi connectivity index (χ2v) is 16.7. The number of benzene rings is 4. The molecule has 0 saturated carbocycles. The van der Waals surface area contributed by atoms with Crippen molar-refractivity contribution in [1.82, 2.24) is 9.80 Å². The topological polar surface area (TPSA) is 134 Å². The first-order valence-corrected chi connectivity index (χ1v) is 22.7. The lowest BCUT2D eigenvalue weighted by Gasteiger charge is -2.23. The second-order valence-electron chi connectivity index (χ2n) is 16.7. The van der Waals surface area contributed by atoms with Gasteiger partial charge in [-0.05, 0) is 97.2 Å². The number of aliphatic hydroxyl groups excluding tert-OH is 2. The van der Waals surface area contributed by atoms with Crippen molar-refractivity contribution in [1.29, 1.82) is 0 Å². The normalized spacial score (nSPS) is 17.5. The lowest BCUT2D eigenvalue weighted by atomic mass is 9.99. The van der Waals surface area contributed by atoms with E-state index < -0.39 is 12.2 Å². The van der Waals surface area contributed by atoms with Crippen LogP contribution in [0.5, 0.6) is 0 Å². The minimum atomic E-state index is -0.613. The van der Waals surface area contributed by atoms with Gasteiger partial charge in [-0.3, -0.25) is 9.59 Å². The third-order valence-electron chi connectivity index (χ3n) is 11.9. The van der Waals surface area contributed by atoms with Gasteiger partial charge in [0.25, 0.3) is 0 Å². The van der Waals surface area contributed by atoms with Gasteiger partial charge in [0.15, 0.2) is 0 Å².